The van der Waals surface area contributed by atoms with Crippen LogP contribution >= 0.6 is 27.7 Å². The Morgan fingerprint density at radius 2 is 1.50 bits per heavy atom. The summed E-state index contributed by atoms with van der Waals surface area (Å²) in [4.78, 5) is 14.9. The lowest BCUT2D eigenvalue weighted by Gasteiger charge is -2.26. The lowest BCUT2D eigenvalue weighted by atomic mass is 10.0. The zero-order valence-corrected chi connectivity index (χ0v) is 14.7. The molecule has 0 spiro atoms. The number of ketones is 1. The molecule has 0 unspecified atom stereocenters. The fourth-order valence-electron chi connectivity index (χ4n) is 2.55. The van der Waals surface area contributed by atoms with Crippen LogP contribution in [-0.2, 0) is 6.54 Å². The quantitative estimate of drug-likeness (QED) is 0.745. The lowest BCUT2D eigenvalue weighted by molar-refractivity contribution is 0.103. The van der Waals surface area contributed by atoms with Crippen molar-refractivity contribution in [1.82, 2.24) is 4.90 Å². The van der Waals surface area contributed by atoms with E-state index < -0.39 is 0 Å². The number of benzene rings is 2. The molecule has 0 bridgehead atoms. The molecule has 0 N–H and O–H groups in total. The molecule has 0 atom stereocenters. The average Bonchev–Trinajstić information content (AvgIpc) is 2.57. The predicted molar refractivity (Wildman–Crippen MR) is 96.6 cm³/mol. The Kier molecular flexibility index (Phi) is 5.34. The molecule has 1 fully saturated rings. The van der Waals surface area contributed by atoms with Crippen molar-refractivity contribution in [2.75, 3.05) is 24.6 Å². The van der Waals surface area contributed by atoms with Crippen molar-refractivity contribution in [3.05, 3.63) is 69.7 Å². The van der Waals surface area contributed by atoms with Crippen LogP contribution in [-0.4, -0.2) is 35.3 Å². The highest BCUT2D eigenvalue weighted by molar-refractivity contribution is 9.10. The number of carbonyl (C=O) groups is 1. The van der Waals surface area contributed by atoms with Gasteiger partial charge in [0, 0.05) is 46.7 Å². The van der Waals surface area contributed by atoms with Crippen molar-refractivity contribution in [2.45, 2.75) is 6.54 Å². The predicted octanol–water partition coefficient (Wildman–Crippen LogP) is 4.23. The van der Waals surface area contributed by atoms with Crippen LogP contribution in [0.2, 0.25) is 0 Å². The van der Waals surface area contributed by atoms with Crippen molar-refractivity contribution in [3.8, 4) is 0 Å². The molecule has 2 nitrogen and oxygen atoms in total. The smallest absolute Gasteiger partial charge is 0.193 e. The highest BCUT2D eigenvalue weighted by Gasteiger charge is 2.12. The SMILES string of the molecule is O=C(c1ccc(Br)cc1)c1ccc(CN2CCSCC2)cc1. The average molecular weight is 376 g/mol. The van der Waals surface area contributed by atoms with Gasteiger partial charge in [0.2, 0.25) is 0 Å². The van der Waals surface area contributed by atoms with Crippen LogP contribution in [0.5, 0.6) is 0 Å². The Bertz CT molecular complexity index is 633. The van der Waals surface area contributed by atoms with Gasteiger partial charge < -0.3 is 0 Å². The normalized spacial score (nSPS) is 15.7. The van der Waals surface area contributed by atoms with Gasteiger partial charge >= 0.3 is 0 Å². The van der Waals surface area contributed by atoms with Crippen LogP contribution in [0.1, 0.15) is 21.5 Å². The van der Waals surface area contributed by atoms with Crippen LogP contribution < -0.4 is 0 Å². The Morgan fingerprint density at radius 3 is 2.09 bits per heavy atom. The third-order valence-electron chi connectivity index (χ3n) is 3.83. The van der Waals surface area contributed by atoms with Crippen LogP contribution in [0.4, 0.5) is 0 Å². The second-order valence-corrected chi connectivity index (χ2v) is 7.56. The van der Waals surface area contributed by atoms with Crippen molar-refractivity contribution in [3.63, 3.8) is 0 Å². The summed E-state index contributed by atoms with van der Waals surface area (Å²) in [6.45, 7) is 3.29. The van der Waals surface area contributed by atoms with Crippen molar-refractivity contribution in [2.24, 2.45) is 0 Å². The monoisotopic (exact) mass is 375 g/mol. The molecular formula is C18H18BrNOS. The van der Waals surface area contributed by atoms with E-state index in [4.69, 9.17) is 0 Å². The van der Waals surface area contributed by atoms with Crippen LogP contribution in [0.25, 0.3) is 0 Å². The van der Waals surface area contributed by atoms with Crippen LogP contribution in [0.15, 0.2) is 53.0 Å². The first kappa shape index (κ1) is 15.8. The minimum absolute atomic E-state index is 0.0772. The minimum Gasteiger partial charge on any atom is -0.297 e. The van der Waals surface area contributed by atoms with Crippen molar-refractivity contribution in [1.29, 1.82) is 0 Å². The number of rotatable bonds is 4. The van der Waals surface area contributed by atoms with E-state index in [0.717, 1.165) is 35.2 Å². The Morgan fingerprint density at radius 1 is 0.955 bits per heavy atom. The summed E-state index contributed by atoms with van der Waals surface area (Å²) in [6.07, 6.45) is 0. The Balaban J connectivity index is 1.68. The molecule has 3 rings (SSSR count). The summed E-state index contributed by atoms with van der Waals surface area (Å²) < 4.78 is 0.985. The molecule has 1 heterocycles. The maximum atomic E-state index is 12.4. The van der Waals surface area contributed by atoms with Gasteiger partial charge in [-0.25, -0.2) is 0 Å². The zero-order valence-electron chi connectivity index (χ0n) is 12.3. The largest absolute Gasteiger partial charge is 0.297 e. The first-order chi connectivity index (χ1) is 10.7. The maximum absolute atomic E-state index is 12.4. The summed E-state index contributed by atoms with van der Waals surface area (Å²) >= 11 is 5.41. The van der Waals surface area contributed by atoms with E-state index in [9.17, 15) is 4.79 Å². The Hall–Kier alpha value is -1.10. The number of carbonyl (C=O) groups excluding carboxylic acids is 1. The van der Waals surface area contributed by atoms with Gasteiger partial charge in [0.05, 0.1) is 0 Å². The molecule has 2 aromatic carbocycles. The van der Waals surface area contributed by atoms with E-state index in [1.54, 1.807) is 0 Å². The second-order valence-electron chi connectivity index (χ2n) is 5.42. The summed E-state index contributed by atoms with van der Waals surface area (Å²) in [6, 6.07) is 15.5. The van der Waals surface area contributed by atoms with Crippen molar-refractivity contribution >= 4 is 33.5 Å². The Labute approximate surface area is 144 Å². The molecular weight excluding hydrogens is 358 g/mol. The van der Waals surface area contributed by atoms with Crippen molar-refractivity contribution < 1.29 is 4.79 Å². The summed E-state index contributed by atoms with van der Waals surface area (Å²) in [5, 5.41) is 0. The zero-order chi connectivity index (χ0) is 15.4. The lowest BCUT2D eigenvalue weighted by Crippen LogP contribution is -2.31. The summed E-state index contributed by atoms with van der Waals surface area (Å²) in [5.41, 5.74) is 2.75. The maximum Gasteiger partial charge on any atom is 0.193 e. The minimum atomic E-state index is 0.0772. The van der Waals surface area contributed by atoms with E-state index in [-0.39, 0.29) is 5.78 Å². The molecule has 2 aromatic rings. The standard InChI is InChI=1S/C18H18BrNOS/c19-17-7-5-16(6-8-17)18(21)15-3-1-14(2-4-15)13-20-9-11-22-12-10-20/h1-8H,9-13H2. The number of nitrogens with zero attached hydrogens (tertiary/aromatic N) is 1. The van der Waals surface area contributed by atoms with Gasteiger partial charge in [0.1, 0.15) is 0 Å². The molecule has 114 valence electrons. The first-order valence-electron chi connectivity index (χ1n) is 7.42. The van der Waals surface area contributed by atoms with E-state index in [1.807, 2.05) is 48.2 Å². The van der Waals surface area contributed by atoms with Crippen LogP contribution in [0, 0.1) is 0 Å². The highest BCUT2D eigenvalue weighted by Crippen LogP contribution is 2.17. The van der Waals surface area contributed by atoms with Gasteiger partial charge in [-0.1, -0.05) is 40.2 Å². The number of hydrogen-bond acceptors (Lipinski definition) is 3. The van der Waals surface area contributed by atoms with Gasteiger partial charge in [-0.15, -0.1) is 0 Å². The fraction of sp³-hybridized carbons (Fsp3) is 0.278. The van der Waals surface area contributed by atoms with E-state index in [1.165, 1.54) is 17.1 Å². The van der Waals surface area contributed by atoms with Gasteiger partial charge in [-0.2, -0.15) is 11.8 Å². The fourth-order valence-corrected chi connectivity index (χ4v) is 3.79. The molecule has 1 aliphatic heterocycles. The van der Waals surface area contributed by atoms with Crippen LogP contribution in [0.3, 0.4) is 0 Å². The molecule has 4 heteroatoms. The summed E-state index contributed by atoms with van der Waals surface area (Å²) in [5.74, 6) is 2.52. The molecule has 0 saturated carbocycles. The highest BCUT2D eigenvalue weighted by atomic mass is 79.9. The van der Waals surface area contributed by atoms with Gasteiger partial charge in [-0.3, -0.25) is 9.69 Å². The summed E-state index contributed by atoms with van der Waals surface area (Å²) in [7, 11) is 0. The van der Waals surface area contributed by atoms with Gasteiger partial charge in [0.25, 0.3) is 0 Å². The molecule has 0 radical (unpaired) electrons. The van der Waals surface area contributed by atoms with E-state index >= 15 is 0 Å². The molecule has 1 aliphatic rings. The van der Waals surface area contributed by atoms with E-state index in [2.05, 4.69) is 33.0 Å². The molecule has 0 aromatic heterocycles. The molecule has 22 heavy (non-hydrogen) atoms. The topological polar surface area (TPSA) is 20.3 Å². The third-order valence-corrected chi connectivity index (χ3v) is 5.30. The first-order valence-corrected chi connectivity index (χ1v) is 9.36. The van der Waals surface area contributed by atoms with E-state index in [0.29, 0.717) is 0 Å². The third kappa shape index (κ3) is 4.00. The number of thioether (sulfide) groups is 1. The van der Waals surface area contributed by atoms with Gasteiger partial charge in [0.15, 0.2) is 5.78 Å². The second kappa shape index (κ2) is 7.44. The molecule has 0 amide bonds. The molecule has 1 saturated heterocycles. The van der Waals surface area contributed by atoms with Gasteiger partial charge in [-0.05, 0) is 29.8 Å². The number of halogens is 1. The number of hydrogen-bond donors (Lipinski definition) is 0. The molecule has 0 aliphatic carbocycles.